The molecule has 0 atom stereocenters. The molecule has 0 fully saturated rings. The molecule has 0 aliphatic rings. The molecule has 1 aromatic heterocycles. The standard InChI is InChI=1S/C6H4N2O2.HI/c9-3-5-1-7-6(4-10)2-8-5;/h1-4H;1H. The van der Waals surface area contributed by atoms with E-state index in [0.717, 1.165) is 0 Å². The number of halogens is 1. The van der Waals surface area contributed by atoms with Gasteiger partial charge in [-0.2, -0.15) is 0 Å². The smallest absolute Gasteiger partial charge is 0.170 e. The molecule has 1 rings (SSSR count). The van der Waals surface area contributed by atoms with Gasteiger partial charge in [0, 0.05) is 0 Å². The number of nitrogens with zero attached hydrogens (tertiary/aromatic N) is 2. The highest BCUT2D eigenvalue weighted by molar-refractivity contribution is 14.0. The van der Waals surface area contributed by atoms with Crippen molar-refractivity contribution in [1.29, 1.82) is 0 Å². The van der Waals surface area contributed by atoms with E-state index in [1.165, 1.54) is 12.4 Å². The van der Waals surface area contributed by atoms with Crippen molar-refractivity contribution >= 4 is 36.5 Å². The maximum atomic E-state index is 10.0. The fourth-order valence-corrected chi connectivity index (χ4v) is 0.470. The fourth-order valence-electron chi connectivity index (χ4n) is 0.470. The van der Waals surface area contributed by atoms with Crippen molar-refractivity contribution in [2.24, 2.45) is 0 Å². The monoisotopic (exact) mass is 264 g/mol. The summed E-state index contributed by atoms with van der Waals surface area (Å²) in [4.78, 5) is 27.2. The second kappa shape index (κ2) is 4.89. The molecule has 0 spiro atoms. The maximum Gasteiger partial charge on any atom is 0.170 e. The highest BCUT2D eigenvalue weighted by Crippen LogP contribution is 1.87. The Morgan fingerprint density at radius 1 is 1.00 bits per heavy atom. The molecule has 0 saturated heterocycles. The zero-order valence-electron chi connectivity index (χ0n) is 5.43. The van der Waals surface area contributed by atoms with Gasteiger partial charge in [-0.05, 0) is 0 Å². The Kier molecular flexibility index (Phi) is 4.51. The number of hydrogen-bond donors (Lipinski definition) is 0. The van der Waals surface area contributed by atoms with E-state index in [0.29, 0.717) is 12.6 Å². The predicted octanol–water partition coefficient (Wildman–Crippen LogP) is 0.720. The SMILES string of the molecule is I.O=Cc1cnc(C=O)cn1. The number of carbonyl (C=O) groups is 2. The van der Waals surface area contributed by atoms with Crippen LogP contribution >= 0.6 is 24.0 Å². The van der Waals surface area contributed by atoms with Crippen LogP contribution in [0.2, 0.25) is 0 Å². The second-order valence-corrected chi connectivity index (χ2v) is 1.60. The number of hydrogen-bond acceptors (Lipinski definition) is 4. The van der Waals surface area contributed by atoms with E-state index < -0.39 is 0 Å². The zero-order valence-corrected chi connectivity index (χ0v) is 7.76. The normalized spacial score (nSPS) is 8.00. The number of aromatic nitrogens is 2. The van der Waals surface area contributed by atoms with Gasteiger partial charge >= 0.3 is 0 Å². The summed E-state index contributed by atoms with van der Waals surface area (Å²) < 4.78 is 0. The summed E-state index contributed by atoms with van der Waals surface area (Å²) in [5, 5.41) is 0. The first-order chi connectivity index (χ1) is 4.86. The van der Waals surface area contributed by atoms with Crippen molar-refractivity contribution in [3.05, 3.63) is 23.8 Å². The number of aldehydes is 2. The molecule has 0 saturated carbocycles. The van der Waals surface area contributed by atoms with Crippen LogP contribution in [0.3, 0.4) is 0 Å². The molecular weight excluding hydrogens is 259 g/mol. The Hall–Kier alpha value is -0.850. The fraction of sp³-hybridized carbons (Fsp3) is 0. The summed E-state index contributed by atoms with van der Waals surface area (Å²) in [5.74, 6) is 0. The summed E-state index contributed by atoms with van der Waals surface area (Å²) in [6, 6.07) is 0. The highest BCUT2D eigenvalue weighted by atomic mass is 127. The minimum absolute atomic E-state index is 0. The van der Waals surface area contributed by atoms with Gasteiger partial charge in [0.2, 0.25) is 0 Å². The van der Waals surface area contributed by atoms with E-state index in [1.807, 2.05) is 0 Å². The summed E-state index contributed by atoms with van der Waals surface area (Å²) >= 11 is 0. The lowest BCUT2D eigenvalue weighted by Crippen LogP contribution is -1.92. The van der Waals surface area contributed by atoms with Gasteiger partial charge in [-0.1, -0.05) is 0 Å². The Labute approximate surface area is 80.1 Å². The first kappa shape index (κ1) is 10.2. The largest absolute Gasteiger partial charge is 0.296 e. The summed E-state index contributed by atoms with van der Waals surface area (Å²) in [6.45, 7) is 0. The average molecular weight is 264 g/mol. The molecule has 4 nitrogen and oxygen atoms in total. The third-order valence-corrected chi connectivity index (χ3v) is 0.933. The van der Waals surface area contributed by atoms with Crippen LogP contribution in [0.4, 0.5) is 0 Å². The molecule has 0 bridgehead atoms. The van der Waals surface area contributed by atoms with E-state index in [2.05, 4.69) is 9.97 Å². The van der Waals surface area contributed by atoms with E-state index in [4.69, 9.17) is 0 Å². The van der Waals surface area contributed by atoms with Crippen LogP contribution in [0, 0.1) is 0 Å². The summed E-state index contributed by atoms with van der Waals surface area (Å²) in [7, 11) is 0. The quantitative estimate of drug-likeness (QED) is 0.583. The Bertz CT molecular complexity index is 220. The number of carbonyl (C=O) groups excluding carboxylic acids is 2. The lowest BCUT2D eigenvalue weighted by atomic mass is 10.4. The van der Waals surface area contributed by atoms with Gasteiger partial charge in [-0.3, -0.25) is 9.59 Å². The van der Waals surface area contributed by atoms with Crippen LogP contribution in [0.25, 0.3) is 0 Å². The second-order valence-electron chi connectivity index (χ2n) is 1.60. The van der Waals surface area contributed by atoms with Crippen LogP contribution in [-0.4, -0.2) is 22.5 Å². The van der Waals surface area contributed by atoms with Crippen LogP contribution in [0.1, 0.15) is 21.0 Å². The van der Waals surface area contributed by atoms with E-state index >= 15 is 0 Å². The molecule has 0 radical (unpaired) electrons. The number of rotatable bonds is 2. The van der Waals surface area contributed by atoms with Crippen molar-refractivity contribution < 1.29 is 9.59 Å². The molecule has 0 N–H and O–H groups in total. The topological polar surface area (TPSA) is 59.9 Å². The lowest BCUT2D eigenvalue weighted by molar-refractivity contribution is 0.110. The molecule has 0 aliphatic carbocycles. The van der Waals surface area contributed by atoms with Gasteiger partial charge < -0.3 is 0 Å². The molecule has 11 heavy (non-hydrogen) atoms. The van der Waals surface area contributed by atoms with Gasteiger partial charge in [0.25, 0.3) is 0 Å². The van der Waals surface area contributed by atoms with Crippen molar-refractivity contribution in [2.45, 2.75) is 0 Å². The van der Waals surface area contributed by atoms with Gasteiger partial charge in [0.05, 0.1) is 12.4 Å². The maximum absolute atomic E-state index is 10.0. The van der Waals surface area contributed by atoms with Crippen LogP contribution < -0.4 is 0 Å². The molecule has 0 amide bonds. The minimum Gasteiger partial charge on any atom is -0.296 e. The predicted molar refractivity (Wildman–Crippen MR) is 48.2 cm³/mol. The summed E-state index contributed by atoms with van der Waals surface area (Å²) in [5.41, 5.74) is 0.455. The molecule has 0 unspecified atom stereocenters. The Morgan fingerprint density at radius 2 is 1.36 bits per heavy atom. The molecule has 1 heterocycles. The molecule has 0 aliphatic heterocycles. The van der Waals surface area contributed by atoms with Crippen molar-refractivity contribution in [3.63, 3.8) is 0 Å². The molecule has 5 heteroatoms. The van der Waals surface area contributed by atoms with Gasteiger partial charge in [0.15, 0.2) is 12.6 Å². The lowest BCUT2D eigenvalue weighted by Gasteiger charge is -1.87. The van der Waals surface area contributed by atoms with Crippen molar-refractivity contribution in [2.75, 3.05) is 0 Å². The van der Waals surface area contributed by atoms with Gasteiger partial charge in [-0.25, -0.2) is 9.97 Å². The molecule has 58 valence electrons. The Balaban J connectivity index is 0.000001000. The first-order valence-corrected chi connectivity index (χ1v) is 2.59. The van der Waals surface area contributed by atoms with E-state index in [-0.39, 0.29) is 35.4 Å². The highest BCUT2D eigenvalue weighted by Gasteiger charge is 1.92. The van der Waals surface area contributed by atoms with E-state index in [1.54, 1.807) is 0 Å². The van der Waals surface area contributed by atoms with Crippen LogP contribution in [-0.2, 0) is 0 Å². The average Bonchev–Trinajstić information content (AvgIpc) is 2.05. The molecule has 1 aromatic rings. The third-order valence-electron chi connectivity index (χ3n) is 0.933. The zero-order chi connectivity index (χ0) is 7.40. The van der Waals surface area contributed by atoms with Gasteiger partial charge in [0.1, 0.15) is 11.4 Å². The van der Waals surface area contributed by atoms with Crippen molar-refractivity contribution in [3.8, 4) is 0 Å². The molecule has 0 aromatic carbocycles. The van der Waals surface area contributed by atoms with Crippen LogP contribution in [0.5, 0.6) is 0 Å². The summed E-state index contributed by atoms with van der Waals surface area (Å²) in [6.07, 6.45) is 3.64. The van der Waals surface area contributed by atoms with Gasteiger partial charge in [-0.15, -0.1) is 24.0 Å². The minimum atomic E-state index is 0. The molecular formula is C6H5IN2O2. The Morgan fingerprint density at radius 3 is 1.55 bits per heavy atom. The van der Waals surface area contributed by atoms with Crippen LogP contribution in [0.15, 0.2) is 12.4 Å². The van der Waals surface area contributed by atoms with Crippen molar-refractivity contribution in [1.82, 2.24) is 9.97 Å². The third kappa shape index (κ3) is 2.71. The first-order valence-electron chi connectivity index (χ1n) is 2.59. The van der Waals surface area contributed by atoms with E-state index in [9.17, 15) is 9.59 Å².